The monoisotopic (exact) mass is 323 g/mol. The van der Waals surface area contributed by atoms with Gasteiger partial charge in [-0.25, -0.2) is 0 Å². The molecule has 0 bridgehead atoms. The average Bonchev–Trinajstić information content (AvgIpc) is 2.93. The number of aliphatic hydroxyl groups excluding tert-OH is 1. The van der Waals surface area contributed by atoms with E-state index in [0.717, 1.165) is 37.9 Å². The summed E-state index contributed by atoms with van der Waals surface area (Å²) in [5.74, 6) is 0.00824. The average molecular weight is 323 g/mol. The molecule has 2 N–H and O–H groups in total. The predicted molar refractivity (Wildman–Crippen MR) is 93.7 cm³/mol. The van der Waals surface area contributed by atoms with E-state index in [1.807, 2.05) is 17.7 Å². The molecule has 0 aliphatic rings. The highest BCUT2D eigenvalue weighted by atomic mass is 16.3. The third-order valence-corrected chi connectivity index (χ3v) is 4.14. The second-order valence-electron chi connectivity index (χ2n) is 7.26. The topological polar surface area (TPSA) is 67.2 Å². The molecule has 0 aromatic carbocycles. The van der Waals surface area contributed by atoms with Crippen LogP contribution < -0.4 is 5.32 Å². The number of hydrogen-bond acceptors (Lipinski definition) is 3. The molecule has 1 rings (SSSR count). The molecule has 0 radical (unpaired) electrons. The fourth-order valence-corrected chi connectivity index (χ4v) is 2.31. The third-order valence-electron chi connectivity index (χ3n) is 4.14. The van der Waals surface area contributed by atoms with Crippen LogP contribution in [0.2, 0.25) is 0 Å². The Balaban J connectivity index is 2.88. The molecule has 1 aromatic heterocycles. The normalized spacial score (nSPS) is 13.1. The van der Waals surface area contributed by atoms with Gasteiger partial charge in [-0.3, -0.25) is 9.48 Å². The van der Waals surface area contributed by atoms with Crippen molar-refractivity contribution in [2.24, 2.45) is 5.92 Å². The lowest BCUT2D eigenvalue weighted by atomic mass is 9.92. The van der Waals surface area contributed by atoms with E-state index in [-0.39, 0.29) is 23.8 Å². The Morgan fingerprint density at radius 2 is 2.04 bits per heavy atom. The molecule has 1 amide bonds. The van der Waals surface area contributed by atoms with Crippen molar-refractivity contribution in [2.75, 3.05) is 13.2 Å². The van der Waals surface area contributed by atoms with Crippen LogP contribution in [-0.4, -0.2) is 33.9 Å². The van der Waals surface area contributed by atoms with Gasteiger partial charge in [0.05, 0.1) is 5.69 Å². The number of carbonyl (C=O) groups excluding carboxylic acids is 1. The van der Waals surface area contributed by atoms with Gasteiger partial charge in [0, 0.05) is 25.1 Å². The van der Waals surface area contributed by atoms with E-state index in [4.69, 9.17) is 0 Å². The standard InChI is InChI=1S/C18H33N3O2/c1-6-8-9-10-21-15(11-16(20-21)18(3,4)5)17(23)19-12-14(7-2)13-22/h11,14,22H,6-10,12-13H2,1-5H3,(H,19,23). The zero-order valence-corrected chi connectivity index (χ0v) is 15.4. The first kappa shape index (κ1) is 19.7. The number of nitrogens with zero attached hydrogens (tertiary/aromatic N) is 2. The smallest absolute Gasteiger partial charge is 0.269 e. The van der Waals surface area contributed by atoms with Gasteiger partial charge in [-0.2, -0.15) is 5.10 Å². The number of hydrogen-bond donors (Lipinski definition) is 2. The molecule has 1 aromatic rings. The van der Waals surface area contributed by atoms with Crippen molar-refractivity contribution >= 4 is 5.91 Å². The van der Waals surface area contributed by atoms with Gasteiger partial charge in [-0.05, 0) is 24.8 Å². The second-order valence-corrected chi connectivity index (χ2v) is 7.26. The summed E-state index contributed by atoms with van der Waals surface area (Å²) in [4.78, 5) is 12.5. The maximum absolute atomic E-state index is 12.5. The predicted octanol–water partition coefficient (Wildman–Crippen LogP) is 3.12. The number of carbonyl (C=O) groups is 1. The maximum Gasteiger partial charge on any atom is 0.269 e. The minimum atomic E-state index is -0.101. The zero-order valence-electron chi connectivity index (χ0n) is 15.4. The van der Waals surface area contributed by atoms with Gasteiger partial charge in [0.15, 0.2) is 0 Å². The van der Waals surface area contributed by atoms with Gasteiger partial charge < -0.3 is 10.4 Å². The van der Waals surface area contributed by atoms with E-state index < -0.39 is 0 Å². The van der Waals surface area contributed by atoms with E-state index in [0.29, 0.717) is 12.2 Å². The van der Waals surface area contributed by atoms with E-state index in [1.54, 1.807) is 0 Å². The van der Waals surface area contributed by atoms with Crippen LogP contribution in [0.4, 0.5) is 0 Å². The molecule has 1 atom stereocenters. The number of nitrogens with one attached hydrogen (secondary N) is 1. The highest BCUT2D eigenvalue weighted by molar-refractivity contribution is 5.92. The first-order valence-electron chi connectivity index (χ1n) is 8.80. The highest BCUT2D eigenvalue weighted by Gasteiger charge is 2.23. The van der Waals surface area contributed by atoms with Crippen molar-refractivity contribution in [1.29, 1.82) is 0 Å². The molecule has 0 spiro atoms. The molecular formula is C18H33N3O2. The summed E-state index contributed by atoms with van der Waals surface area (Å²) in [5.41, 5.74) is 1.48. The number of aromatic nitrogens is 2. The summed E-state index contributed by atoms with van der Waals surface area (Å²) in [7, 11) is 0. The molecule has 1 heterocycles. The molecule has 0 aliphatic carbocycles. The van der Waals surface area contributed by atoms with Crippen molar-refractivity contribution in [3.8, 4) is 0 Å². The van der Waals surface area contributed by atoms with Crippen LogP contribution in [0.5, 0.6) is 0 Å². The molecule has 132 valence electrons. The second kappa shape index (κ2) is 9.06. The number of amides is 1. The van der Waals surface area contributed by atoms with Gasteiger partial charge in [-0.15, -0.1) is 0 Å². The van der Waals surface area contributed by atoms with Gasteiger partial charge in [0.25, 0.3) is 5.91 Å². The van der Waals surface area contributed by atoms with E-state index >= 15 is 0 Å². The van der Waals surface area contributed by atoms with Crippen molar-refractivity contribution in [2.45, 2.75) is 72.3 Å². The Morgan fingerprint density at radius 3 is 2.57 bits per heavy atom. The van der Waals surface area contributed by atoms with Crippen molar-refractivity contribution in [3.05, 3.63) is 17.5 Å². The van der Waals surface area contributed by atoms with Crippen LogP contribution >= 0.6 is 0 Å². The van der Waals surface area contributed by atoms with Crippen molar-refractivity contribution in [1.82, 2.24) is 15.1 Å². The molecule has 0 aliphatic heterocycles. The summed E-state index contributed by atoms with van der Waals surface area (Å²) < 4.78 is 1.84. The van der Waals surface area contributed by atoms with E-state index in [1.165, 1.54) is 0 Å². The summed E-state index contributed by atoms with van der Waals surface area (Å²) in [5, 5.41) is 16.8. The first-order valence-corrected chi connectivity index (χ1v) is 8.80. The number of unbranched alkanes of at least 4 members (excludes halogenated alkanes) is 2. The third kappa shape index (κ3) is 5.98. The molecule has 5 nitrogen and oxygen atoms in total. The van der Waals surface area contributed by atoms with Crippen LogP contribution in [-0.2, 0) is 12.0 Å². The summed E-state index contributed by atoms with van der Waals surface area (Å²) >= 11 is 0. The Morgan fingerprint density at radius 1 is 1.35 bits per heavy atom. The lowest BCUT2D eigenvalue weighted by Gasteiger charge is -2.14. The quantitative estimate of drug-likeness (QED) is 0.686. The maximum atomic E-state index is 12.5. The molecule has 5 heteroatoms. The number of aliphatic hydroxyl groups is 1. The Hall–Kier alpha value is -1.36. The van der Waals surface area contributed by atoms with E-state index in [9.17, 15) is 9.90 Å². The highest BCUT2D eigenvalue weighted by Crippen LogP contribution is 2.22. The molecule has 0 saturated carbocycles. The van der Waals surface area contributed by atoms with Crippen LogP contribution in [0.25, 0.3) is 0 Å². The molecular weight excluding hydrogens is 290 g/mol. The van der Waals surface area contributed by atoms with Crippen LogP contribution in [0.3, 0.4) is 0 Å². The summed E-state index contributed by atoms with van der Waals surface area (Å²) in [6.07, 6.45) is 4.15. The number of aryl methyl sites for hydroxylation is 1. The van der Waals surface area contributed by atoms with Gasteiger partial charge in [0.1, 0.15) is 5.69 Å². The Kier molecular flexibility index (Phi) is 7.76. The fraction of sp³-hybridized carbons (Fsp3) is 0.778. The van der Waals surface area contributed by atoms with Crippen LogP contribution in [0.15, 0.2) is 6.07 Å². The Bertz CT molecular complexity index is 485. The molecule has 0 saturated heterocycles. The minimum Gasteiger partial charge on any atom is -0.396 e. The van der Waals surface area contributed by atoms with Gasteiger partial charge in [0.2, 0.25) is 0 Å². The largest absolute Gasteiger partial charge is 0.396 e. The Labute approximate surface area is 140 Å². The van der Waals surface area contributed by atoms with Gasteiger partial charge in [-0.1, -0.05) is 47.5 Å². The van der Waals surface area contributed by atoms with Crippen molar-refractivity contribution < 1.29 is 9.90 Å². The lowest BCUT2D eigenvalue weighted by Crippen LogP contribution is -2.32. The van der Waals surface area contributed by atoms with E-state index in [2.05, 4.69) is 38.1 Å². The fourth-order valence-electron chi connectivity index (χ4n) is 2.31. The minimum absolute atomic E-state index is 0.0813. The first-order chi connectivity index (χ1) is 10.8. The SMILES string of the molecule is CCCCCn1nc(C(C)(C)C)cc1C(=O)NCC(CC)CO. The van der Waals surface area contributed by atoms with Crippen molar-refractivity contribution in [3.63, 3.8) is 0 Å². The zero-order chi connectivity index (χ0) is 17.5. The molecule has 23 heavy (non-hydrogen) atoms. The van der Waals surface area contributed by atoms with Gasteiger partial charge >= 0.3 is 0 Å². The van der Waals surface area contributed by atoms with Crippen LogP contribution in [0, 0.1) is 5.92 Å². The molecule has 0 fully saturated rings. The summed E-state index contributed by atoms with van der Waals surface area (Å²) in [6.45, 7) is 11.8. The molecule has 1 unspecified atom stereocenters. The van der Waals surface area contributed by atoms with Crippen LogP contribution in [0.1, 0.15) is 76.5 Å². The lowest BCUT2D eigenvalue weighted by molar-refractivity contribution is 0.0928. The summed E-state index contributed by atoms with van der Waals surface area (Å²) in [6, 6.07) is 1.90. The number of rotatable bonds is 9.